The summed E-state index contributed by atoms with van der Waals surface area (Å²) < 4.78 is 34.7. The Bertz CT molecular complexity index is 2040. The molecule has 1 heterocycles. The van der Waals surface area contributed by atoms with Crippen LogP contribution in [0.5, 0.6) is 34.5 Å². The van der Waals surface area contributed by atoms with Crippen LogP contribution in [0.1, 0.15) is 28.3 Å². The number of benzene rings is 6. The van der Waals surface area contributed by atoms with Crippen LogP contribution in [0, 0.1) is 0 Å². The van der Waals surface area contributed by atoms with Crippen molar-refractivity contribution in [2.24, 2.45) is 0 Å². The summed E-state index contributed by atoms with van der Waals surface area (Å²) in [6.45, 7) is 1.13. The van der Waals surface area contributed by atoms with Gasteiger partial charge in [0.15, 0.2) is 23.0 Å². The van der Waals surface area contributed by atoms with E-state index in [1.54, 1.807) is 42.7 Å². The predicted octanol–water partition coefficient (Wildman–Crippen LogP) is 8.59. The van der Waals surface area contributed by atoms with Crippen LogP contribution < -0.4 is 44.4 Å². The number of nitrogens with one attached hydrogen (secondary N) is 3. The Morgan fingerprint density at radius 1 is 0.455 bits per heavy atom. The Morgan fingerprint density at radius 2 is 0.818 bits per heavy atom. The van der Waals surface area contributed by atoms with Gasteiger partial charge in [0.25, 0.3) is 0 Å². The molecule has 0 bridgehead atoms. The van der Waals surface area contributed by atoms with E-state index in [-0.39, 0.29) is 0 Å². The quantitative estimate of drug-likeness (QED) is 0.114. The normalized spacial score (nSPS) is 12.8. The summed E-state index contributed by atoms with van der Waals surface area (Å²) in [4.78, 5) is 0. The van der Waals surface area contributed by atoms with E-state index in [4.69, 9.17) is 28.4 Å². The molecule has 7 rings (SSSR count). The van der Waals surface area contributed by atoms with Crippen molar-refractivity contribution in [1.29, 1.82) is 0 Å². The zero-order chi connectivity index (χ0) is 38.3. The summed E-state index contributed by atoms with van der Waals surface area (Å²) in [7, 11) is 9.68. The molecule has 0 unspecified atom stereocenters. The number of hydrogen-bond donors (Lipinski definition) is 3. The average molecular weight is 738 g/mol. The first-order valence-corrected chi connectivity index (χ1v) is 18.2. The molecular weight excluding hydrogens is 691 g/mol. The lowest BCUT2D eigenvalue weighted by Crippen LogP contribution is -2.53. The van der Waals surface area contributed by atoms with Crippen molar-refractivity contribution in [2.45, 2.75) is 25.4 Å². The van der Waals surface area contributed by atoms with Gasteiger partial charge in [0.1, 0.15) is 6.29 Å². The Kier molecular flexibility index (Phi) is 11.5. The summed E-state index contributed by atoms with van der Waals surface area (Å²) in [6.07, 6.45) is -0.408. The average Bonchev–Trinajstić information content (AvgIpc) is 3.32. The topological polar surface area (TPSA) is 91.5 Å². The van der Waals surface area contributed by atoms with Crippen LogP contribution in [-0.2, 0) is 13.1 Å². The van der Waals surface area contributed by atoms with Crippen LogP contribution in [0.15, 0.2) is 121 Å². The highest BCUT2D eigenvalue weighted by molar-refractivity contribution is 5.84. The zero-order valence-electron chi connectivity index (χ0n) is 32.1. The van der Waals surface area contributed by atoms with E-state index in [0.29, 0.717) is 47.6 Å². The van der Waals surface area contributed by atoms with E-state index in [9.17, 15) is 0 Å². The van der Waals surface area contributed by atoms with Crippen molar-refractivity contribution in [3.63, 3.8) is 0 Å². The molecule has 0 atom stereocenters. The first-order chi connectivity index (χ1) is 27.0. The third-order valence-electron chi connectivity index (χ3n) is 10.2. The highest BCUT2D eigenvalue weighted by atomic mass is 16.5. The van der Waals surface area contributed by atoms with Crippen molar-refractivity contribution in [2.75, 3.05) is 42.7 Å². The maximum atomic E-state index is 5.83. The van der Waals surface area contributed by atoms with Crippen LogP contribution in [0.25, 0.3) is 33.4 Å². The van der Waals surface area contributed by atoms with Gasteiger partial charge < -0.3 is 28.4 Å². The molecule has 1 aliphatic rings. The van der Waals surface area contributed by atoms with Crippen LogP contribution in [0.2, 0.25) is 0 Å². The predicted molar refractivity (Wildman–Crippen MR) is 217 cm³/mol. The lowest BCUT2D eigenvalue weighted by atomic mass is 9.87. The lowest BCUT2D eigenvalue weighted by molar-refractivity contribution is 0.314. The Morgan fingerprint density at radius 3 is 1.16 bits per heavy atom. The standard InChI is InChI=1S/C46H47N3O6/c1-50-39-23-31(24-40(51-2)44(39)54-5)43(32-25-41(52-3)45(55-6)42(26-32)53-4)49-46-47-27-37-33(29-15-9-7-10-16-29)19-13-21-35(37)36-22-14-20-34(38(36)28-48-46)30-17-11-8-12-18-30/h7-26,43,46-49H,27-28H2,1-6H3. The summed E-state index contributed by atoms with van der Waals surface area (Å²) in [6, 6.07) is 41.7. The van der Waals surface area contributed by atoms with Crippen molar-refractivity contribution in [3.05, 3.63) is 144 Å². The Balaban J connectivity index is 1.39. The lowest BCUT2D eigenvalue weighted by Gasteiger charge is -2.30. The molecule has 0 fully saturated rings. The second kappa shape index (κ2) is 17.0. The monoisotopic (exact) mass is 737 g/mol. The fourth-order valence-electron chi connectivity index (χ4n) is 7.52. The SMILES string of the molecule is COc1cc(C(NC2NCc3c(-c4ccccc4)cccc3-c3cccc(-c4ccccc4)c3CN2)c2cc(OC)c(OC)c(OC)c2)cc(OC)c1OC. The van der Waals surface area contributed by atoms with Crippen molar-refractivity contribution < 1.29 is 28.4 Å². The molecule has 1 aliphatic heterocycles. The first-order valence-electron chi connectivity index (χ1n) is 18.2. The zero-order valence-corrected chi connectivity index (χ0v) is 32.1. The molecule has 0 aliphatic carbocycles. The molecule has 6 aromatic rings. The molecule has 0 aromatic heterocycles. The third-order valence-corrected chi connectivity index (χ3v) is 10.2. The molecule has 0 saturated heterocycles. The smallest absolute Gasteiger partial charge is 0.203 e. The first kappa shape index (κ1) is 37.3. The molecule has 3 N–H and O–H groups in total. The molecule has 6 aromatic carbocycles. The van der Waals surface area contributed by atoms with Gasteiger partial charge in [0.2, 0.25) is 11.5 Å². The molecule has 0 radical (unpaired) electrons. The molecule has 0 spiro atoms. The van der Waals surface area contributed by atoms with E-state index in [0.717, 1.165) is 22.3 Å². The van der Waals surface area contributed by atoms with Gasteiger partial charge >= 0.3 is 0 Å². The van der Waals surface area contributed by atoms with Crippen molar-refractivity contribution >= 4 is 0 Å². The number of rotatable bonds is 12. The highest BCUT2D eigenvalue weighted by Gasteiger charge is 2.28. The van der Waals surface area contributed by atoms with Crippen LogP contribution >= 0.6 is 0 Å². The van der Waals surface area contributed by atoms with E-state index in [1.807, 2.05) is 24.3 Å². The molecular formula is C46H47N3O6. The fraction of sp³-hybridized carbons (Fsp3) is 0.217. The summed E-state index contributed by atoms with van der Waals surface area (Å²) in [5, 5.41) is 11.6. The Labute approximate surface area is 323 Å². The molecule has 9 nitrogen and oxygen atoms in total. The Hall–Kier alpha value is -6.00. The molecule has 0 amide bonds. The molecule has 282 valence electrons. The highest BCUT2D eigenvalue weighted by Crippen LogP contribution is 2.45. The van der Waals surface area contributed by atoms with Crippen LogP contribution in [0.3, 0.4) is 0 Å². The van der Waals surface area contributed by atoms with E-state index in [1.165, 1.54) is 33.4 Å². The largest absolute Gasteiger partial charge is 0.493 e. The van der Waals surface area contributed by atoms with Crippen LogP contribution in [0.4, 0.5) is 0 Å². The number of fused-ring (bicyclic) bond motifs is 3. The minimum absolute atomic E-state index is 0.408. The number of hydrogen-bond acceptors (Lipinski definition) is 9. The van der Waals surface area contributed by atoms with Crippen molar-refractivity contribution in [3.8, 4) is 67.9 Å². The van der Waals surface area contributed by atoms with Gasteiger partial charge in [-0.25, -0.2) is 0 Å². The fourth-order valence-corrected chi connectivity index (χ4v) is 7.52. The van der Waals surface area contributed by atoms with E-state index in [2.05, 4.69) is 113 Å². The van der Waals surface area contributed by atoms with Gasteiger partial charge in [-0.05, 0) is 79.9 Å². The van der Waals surface area contributed by atoms with Gasteiger partial charge in [0, 0.05) is 13.1 Å². The molecule has 0 saturated carbocycles. The second-order valence-electron chi connectivity index (χ2n) is 13.1. The van der Waals surface area contributed by atoms with Crippen molar-refractivity contribution in [1.82, 2.24) is 16.0 Å². The van der Waals surface area contributed by atoms with Gasteiger partial charge in [-0.1, -0.05) is 97.1 Å². The second-order valence-corrected chi connectivity index (χ2v) is 13.1. The van der Waals surface area contributed by atoms with E-state index >= 15 is 0 Å². The maximum Gasteiger partial charge on any atom is 0.203 e. The van der Waals surface area contributed by atoms with Crippen LogP contribution in [-0.4, -0.2) is 48.9 Å². The van der Waals surface area contributed by atoms with E-state index < -0.39 is 12.3 Å². The van der Waals surface area contributed by atoms with Gasteiger partial charge in [-0.15, -0.1) is 0 Å². The summed E-state index contributed by atoms with van der Waals surface area (Å²) in [5.74, 6) is 3.16. The van der Waals surface area contributed by atoms with Gasteiger partial charge in [0.05, 0.1) is 48.7 Å². The number of ether oxygens (including phenoxy) is 6. The minimum atomic E-state index is -0.444. The third kappa shape index (κ3) is 7.55. The summed E-state index contributed by atoms with van der Waals surface area (Å²) in [5.41, 5.74) is 11.2. The summed E-state index contributed by atoms with van der Waals surface area (Å²) >= 11 is 0. The minimum Gasteiger partial charge on any atom is -0.493 e. The molecule has 55 heavy (non-hydrogen) atoms. The van der Waals surface area contributed by atoms with Gasteiger partial charge in [-0.2, -0.15) is 0 Å². The molecule has 9 heteroatoms. The van der Waals surface area contributed by atoms with Gasteiger partial charge in [-0.3, -0.25) is 16.0 Å². The maximum absolute atomic E-state index is 5.83. The number of methoxy groups -OCH3 is 6.